The van der Waals surface area contributed by atoms with E-state index in [9.17, 15) is 13.3 Å². The molecule has 0 aromatic heterocycles. The standard InChI is InChI=1S/C4H6O3.Na.O.V.H/c1-3(5)2-4(6)7;;;;/h2H2,1H3,(H,6,7);;;;/q;;;+1;/p-1. The Morgan fingerprint density at radius 2 is 2.00 bits per heavy atom. The van der Waals surface area contributed by atoms with Crippen molar-refractivity contribution in [1.29, 1.82) is 0 Å². The zero-order chi connectivity index (χ0) is 7.28. The Labute approximate surface area is 87.6 Å². The predicted molar refractivity (Wildman–Crippen MR) is 29.2 cm³/mol. The second-order valence-electron chi connectivity index (χ2n) is 1.42. The third-order valence-corrected chi connectivity index (χ3v) is 0.967. The van der Waals surface area contributed by atoms with Crippen LogP contribution in [-0.2, 0) is 33.5 Å². The van der Waals surface area contributed by atoms with E-state index in [1.54, 1.807) is 0 Å². The summed E-state index contributed by atoms with van der Waals surface area (Å²) in [6.45, 7) is 1.27. The van der Waals surface area contributed by atoms with Gasteiger partial charge in [-0.3, -0.25) is 0 Å². The summed E-state index contributed by atoms with van der Waals surface area (Å²) in [5, 5.41) is 0. The average Bonchev–Trinajstić information content (AvgIpc) is 1.63. The van der Waals surface area contributed by atoms with Crippen LogP contribution in [0.5, 0.6) is 0 Å². The summed E-state index contributed by atoms with van der Waals surface area (Å²) in [6, 6.07) is 0. The Bertz CT molecular complexity index is 146. The van der Waals surface area contributed by atoms with Crippen molar-refractivity contribution in [2.75, 3.05) is 0 Å². The Hall–Kier alpha value is 0.524. The molecule has 0 spiro atoms. The second-order valence-corrected chi connectivity index (χ2v) is 1.93. The van der Waals surface area contributed by atoms with Crippen LogP contribution >= 0.6 is 0 Å². The van der Waals surface area contributed by atoms with E-state index in [1.807, 2.05) is 0 Å². The summed E-state index contributed by atoms with van der Waals surface area (Å²) < 4.78 is 13.7. The molecule has 0 rings (SSSR count). The van der Waals surface area contributed by atoms with Crippen LogP contribution in [0.25, 0.3) is 0 Å². The van der Waals surface area contributed by atoms with Crippen molar-refractivity contribution in [2.24, 2.45) is 0 Å². The Morgan fingerprint density at radius 1 is 1.50 bits per heavy atom. The van der Waals surface area contributed by atoms with Crippen molar-refractivity contribution in [3.05, 3.63) is 0 Å². The van der Waals surface area contributed by atoms with E-state index in [-0.39, 0.29) is 41.8 Å². The van der Waals surface area contributed by atoms with Crippen molar-refractivity contribution in [2.45, 2.75) is 13.3 Å². The van der Waals surface area contributed by atoms with Crippen LogP contribution in [0.2, 0.25) is 0 Å². The molecule has 0 aliphatic rings. The van der Waals surface area contributed by atoms with Gasteiger partial charge >= 0.3 is 88.2 Å². The Morgan fingerprint density at radius 3 is 2.30 bits per heavy atom. The SMILES string of the molecule is CC(=O)CC(=O)[O][V]=[O].[NaH]. The summed E-state index contributed by atoms with van der Waals surface area (Å²) in [7, 11) is 0. The van der Waals surface area contributed by atoms with Crippen LogP contribution in [0.1, 0.15) is 13.3 Å². The van der Waals surface area contributed by atoms with E-state index in [4.69, 9.17) is 0 Å². The maximum atomic E-state index is 10.2. The molecule has 6 heteroatoms. The summed E-state index contributed by atoms with van der Waals surface area (Å²) in [5.41, 5.74) is 0. The molecule has 0 bridgehead atoms. The summed E-state index contributed by atoms with van der Waals surface area (Å²) in [6.07, 6.45) is -0.280. The fourth-order valence-electron chi connectivity index (χ4n) is 0.277. The summed E-state index contributed by atoms with van der Waals surface area (Å²) in [5.74, 6) is -0.993. The Kier molecular flexibility index (Phi) is 10.0. The van der Waals surface area contributed by atoms with Gasteiger partial charge in [0.2, 0.25) is 0 Å². The molecule has 0 heterocycles. The van der Waals surface area contributed by atoms with E-state index in [0.717, 1.165) is 0 Å². The summed E-state index contributed by atoms with van der Waals surface area (Å²) >= 11 is -1.60. The van der Waals surface area contributed by atoms with Crippen LogP contribution in [0.15, 0.2) is 0 Å². The monoisotopic (exact) mass is 192 g/mol. The molecule has 0 aromatic carbocycles. The van der Waals surface area contributed by atoms with Gasteiger partial charge in [0, 0.05) is 0 Å². The average molecular weight is 192 g/mol. The predicted octanol–water partition coefficient (Wildman–Crippen LogP) is -0.797. The molecule has 0 fully saturated rings. The molecular weight excluding hydrogens is 186 g/mol. The number of ketones is 1. The molecule has 0 N–H and O–H groups in total. The molecule has 0 atom stereocenters. The van der Waals surface area contributed by atoms with Gasteiger partial charge in [-0.05, 0) is 0 Å². The second kappa shape index (κ2) is 7.63. The van der Waals surface area contributed by atoms with Crippen LogP contribution in [0.4, 0.5) is 0 Å². The molecule has 0 aliphatic heterocycles. The van der Waals surface area contributed by atoms with Gasteiger partial charge in [-0.15, -0.1) is 0 Å². The molecular formula is C4H6NaO4V. The van der Waals surface area contributed by atoms with Gasteiger partial charge in [-0.25, -0.2) is 0 Å². The van der Waals surface area contributed by atoms with Gasteiger partial charge in [0.15, 0.2) is 0 Å². The molecule has 0 saturated carbocycles. The minimum absolute atomic E-state index is 0. The number of carbonyl (C=O) groups is 2. The van der Waals surface area contributed by atoms with Crippen LogP contribution in [0.3, 0.4) is 0 Å². The van der Waals surface area contributed by atoms with Gasteiger partial charge < -0.3 is 0 Å². The van der Waals surface area contributed by atoms with E-state index < -0.39 is 22.6 Å². The summed E-state index contributed by atoms with van der Waals surface area (Å²) in [4.78, 5) is 20.4. The molecule has 52 valence electrons. The molecule has 0 amide bonds. The fraction of sp³-hybridized carbons (Fsp3) is 0.500. The van der Waals surface area contributed by atoms with Gasteiger partial charge in [-0.1, -0.05) is 0 Å². The number of hydrogen-bond acceptors (Lipinski definition) is 4. The number of hydrogen-bond donors (Lipinski definition) is 0. The molecule has 4 nitrogen and oxygen atoms in total. The molecule has 0 radical (unpaired) electrons. The Balaban J connectivity index is 0. The van der Waals surface area contributed by atoms with E-state index >= 15 is 0 Å². The van der Waals surface area contributed by atoms with Crippen LogP contribution < -0.4 is 0 Å². The van der Waals surface area contributed by atoms with Gasteiger partial charge in [0.1, 0.15) is 0 Å². The molecule has 10 heavy (non-hydrogen) atoms. The third kappa shape index (κ3) is 8.52. The zero-order valence-corrected chi connectivity index (χ0v) is 6.18. The van der Waals surface area contributed by atoms with E-state index in [0.29, 0.717) is 0 Å². The number of Topliss-reactive ketones (excluding diaryl/α,β-unsaturated/α-hetero) is 1. The maximum absolute atomic E-state index is 10.2. The first-order valence-corrected chi connectivity index (χ1v) is 3.33. The van der Waals surface area contributed by atoms with Crippen molar-refractivity contribution < 1.29 is 33.5 Å². The van der Waals surface area contributed by atoms with E-state index in [2.05, 4.69) is 3.66 Å². The third-order valence-electron chi connectivity index (χ3n) is 0.532. The topological polar surface area (TPSA) is 60.4 Å². The fourth-order valence-corrected chi connectivity index (χ4v) is 0.508. The normalized spacial score (nSPS) is 7.30. The van der Waals surface area contributed by atoms with Crippen molar-refractivity contribution >= 4 is 41.3 Å². The number of rotatable bonds is 3. The van der Waals surface area contributed by atoms with Crippen LogP contribution in [-0.4, -0.2) is 41.3 Å². The number of carbonyl (C=O) groups excluding carboxylic acids is 2. The van der Waals surface area contributed by atoms with Gasteiger partial charge in [0.05, 0.1) is 0 Å². The van der Waals surface area contributed by atoms with Crippen molar-refractivity contribution in [1.82, 2.24) is 0 Å². The van der Waals surface area contributed by atoms with Gasteiger partial charge in [-0.2, -0.15) is 0 Å². The minimum atomic E-state index is -1.60. The molecule has 0 saturated heterocycles. The van der Waals surface area contributed by atoms with Crippen LogP contribution in [0, 0.1) is 0 Å². The first kappa shape index (κ1) is 13.1. The molecule has 0 unspecified atom stereocenters. The van der Waals surface area contributed by atoms with Crippen molar-refractivity contribution in [3.8, 4) is 0 Å². The van der Waals surface area contributed by atoms with E-state index in [1.165, 1.54) is 6.92 Å². The molecule has 0 aliphatic carbocycles. The van der Waals surface area contributed by atoms with Crippen molar-refractivity contribution in [3.63, 3.8) is 0 Å². The first-order valence-electron chi connectivity index (χ1n) is 2.18. The molecule has 0 aromatic rings. The zero-order valence-electron chi connectivity index (χ0n) is 4.79. The van der Waals surface area contributed by atoms with Gasteiger partial charge in [0.25, 0.3) is 0 Å². The quantitative estimate of drug-likeness (QED) is 0.434. The first-order chi connectivity index (χ1) is 4.16.